The Morgan fingerprint density at radius 3 is 2.40 bits per heavy atom. The Morgan fingerprint density at radius 2 is 1.76 bits per heavy atom. The van der Waals surface area contributed by atoms with Gasteiger partial charge in [0.25, 0.3) is 10.0 Å². The van der Waals surface area contributed by atoms with E-state index in [9.17, 15) is 13.2 Å². The zero-order valence-corrected chi connectivity index (χ0v) is 15.4. The van der Waals surface area contributed by atoms with Crippen LogP contribution in [0.4, 0.5) is 11.4 Å². The van der Waals surface area contributed by atoms with Gasteiger partial charge in [-0.25, -0.2) is 8.42 Å². The molecule has 25 heavy (non-hydrogen) atoms. The highest BCUT2D eigenvalue weighted by atomic mass is 35.5. The highest BCUT2D eigenvalue weighted by molar-refractivity contribution is 7.92. The average Bonchev–Trinajstić information content (AvgIpc) is 2.56. The van der Waals surface area contributed by atoms with E-state index in [4.69, 9.17) is 16.3 Å². The molecule has 134 valence electrons. The van der Waals surface area contributed by atoms with Gasteiger partial charge in [-0.05, 0) is 55.8 Å². The third-order valence-corrected chi connectivity index (χ3v) is 5.07. The number of anilines is 2. The van der Waals surface area contributed by atoms with E-state index in [1.54, 1.807) is 50.2 Å². The van der Waals surface area contributed by atoms with Crippen LogP contribution in [0.3, 0.4) is 0 Å². The molecule has 2 rings (SSSR count). The van der Waals surface area contributed by atoms with E-state index in [0.717, 1.165) is 0 Å². The number of carbonyl (C=O) groups is 1. The Balaban J connectivity index is 2.23. The molecule has 0 heterocycles. The monoisotopic (exact) mass is 382 g/mol. The molecule has 0 saturated carbocycles. The Kier molecular flexibility index (Phi) is 6.41. The summed E-state index contributed by atoms with van der Waals surface area (Å²) in [5.41, 5.74) is 1.34. The standard InChI is InChI=1S/C17H19ClN2O4S/c1-3-24-11-17(21)19-15-7-4-12(2)16(10-15)25(22,23)20-14-8-5-13(18)6-9-14/h4-10,20H,3,11H2,1-2H3,(H,19,21). The molecule has 0 fully saturated rings. The fourth-order valence-corrected chi connectivity index (χ4v) is 3.54. The molecule has 0 radical (unpaired) electrons. The van der Waals surface area contributed by atoms with Gasteiger partial charge in [0.1, 0.15) is 6.61 Å². The van der Waals surface area contributed by atoms with Crippen molar-refractivity contribution in [2.45, 2.75) is 18.7 Å². The van der Waals surface area contributed by atoms with Crippen molar-refractivity contribution in [3.8, 4) is 0 Å². The third-order valence-electron chi connectivity index (χ3n) is 3.30. The minimum atomic E-state index is -3.81. The fourth-order valence-electron chi connectivity index (χ4n) is 2.09. The van der Waals surface area contributed by atoms with E-state index in [2.05, 4.69) is 10.0 Å². The molecule has 1 amide bonds. The first-order valence-corrected chi connectivity index (χ1v) is 9.44. The molecule has 0 atom stereocenters. The van der Waals surface area contributed by atoms with Crippen molar-refractivity contribution in [3.05, 3.63) is 53.1 Å². The summed E-state index contributed by atoms with van der Waals surface area (Å²) in [4.78, 5) is 11.8. The van der Waals surface area contributed by atoms with Gasteiger partial charge in [0.2, 0.25) is 5.91 Å². The summed E-state index contributed by atoms with van der Waals surface area (Å²) < 4.78 is 32.8. The van der Waals surface area contributed by atoms with E-state index < -0.39 is 10.0 Å². The molecular formula is C17H19ClN2O4S. The number of carbonyl (C=O) groups excluding carboxylic acids is 1. The molecule has 8 heteroatoms. The molecule has 2 N–H and O–H groups in total. The van der Waals surface area contributed by atoms with Gasteiger partial charge in [0.05, 0.1) is 4.90 Å². The van der Waals surface area contributed by atoms with Gasteiger partial charge in [0.15, 0.2) is 0 Å². The van der Waals surface area contributed by atoms with Crippen molar-refractivity contribution in [2.75, 3.05) is 23.3 Å². The summed E-state index contributed by atoms with van der Waals surface area (Å²) in [5, 5.41) is 3.13. The Labute approximate surface area is 152 Å². The van der Waals surface area contributed by atoms with Crippen molar-refractivity contribution in [2.24, 2.45) is 0 Å². The Bertz CT molecular complexity index is 851. The van der Waals surface area contributed by atoms with Gasteiger partial charge in [-0.15, -0.1) is 0 Å². The Morgan fingerprint density at radius 1 is 1.12 bits per heavy atom. The zero-order chi connectivity index (χ0) is 18.4. The predicted molar refractivity (Wildman–Crippen MR) is 98.6 cm³/mol. The van der Waals surface area contributed by atoms with E-state index in [1.165, 1.54) is 6.07 Å². The van der Waals surface area contributed by atoms with E-state index in [-0.39, 0.29) is 17.4 Å². The van der Waals surface area contributed by atoms with E-state index in [1.807, 2.05) is 0 Å². The van der Waals surface area contributed by atoms with Crippen LogP contribution in [-0.4, -0.2) is 27.5 Å². The molecule has 0 bridgehead atoms. The molecule has 0 unspecified atom stereocenters. The minimum absolute atomic E-state index is 0.0802. The van der Waals surface area contributed by atoms with Gasteiger partial charge in [-0.2, -0.15) is 0 Å². The van der Waals surface area contributed by atoms with Crippen molar-refractivity contribution in [3.63, 3.8) is 0 Å². The molecule has 0 aromatic heterocycles. The van der Waals surface area contributed by atoms with Crippen LogP contribution in [0.5, 0.6) is 0 Å². The van der Waals surface area contributed by atoms with Gasteiger partial charge < -0.3 is 10.1 Å². The minimum Gasteiger partial charge on any atom is -0.372 e. The molecular weight excluding hydrogens is 364 g/mol. The van der Waals surface area contributed by atoms with Gasteiger partial charge in [0, 0.05) is 23.0 Å². The lowest BCUT2D eigenvalue weighted by atomic mass is 10.2. The summed E-state index contributed by atoms with van der Waals surface area (Å²) in [6.45, 7) is 3.80. The zero-order valence-electron chi connectivity index (χ0n) is 13.9. The number of amides is 1. The summed E-state index contributed by atoms with van der Waals surface area (Å²) in [5.74, 6) is -0.347. The molecule has 2 aromatic rings. The molecule has 2 aromatic carbocycles. The smallest absolute Gasteiger partial charge is 0.262 e. The number of sulfonamides is 1. The van der Waals surface area contributed by atoms with Crippen LogP contribution in [0.1, 0.15) is 12.5 Å². The molecule has 0 spiro atoms. The van der Waals surface area contributed by atoms with Crippen LogP contribution in [0.15, 0.2) is 47.4 Å². The molecule has 0 aliphatic carbocycles. The second-order valence-electron chi connectivity index (χ2n) is 5.28. The lowest BCUT2D eigenvalue weighted by Crippen LogP contribution is -2.19. The van der Waals surface area contributed by atoms with Crippen LogP contribution in [-0.2, 0) is 19.6 Å². The second-order valence-corrected chi connectivity index (χ2v) is 7.37. The topological polar surface area (TPSA) is 84.5 Å². The number of aryl methyl sites for hydroxylation is 1. The maximum atomic E-state index is 12.6. The van der Waals surface area contributed by atoms with Crippen molar-refractivity contribution in [1.82, 2.24) is 0 Å². The molecule has 0 saturated heterocycles. The van der Waals surface area contributed by atoms with Gasteiger partial charge in [-0.1, -0.05) is 17.7 Å². The van der Waals surface area contributed by atoms with Crippen LogP contribution in [0, 0.1) is 6.92 Å². The normalized spacial score (nSPS) is 11.2. The lowest BCUT2D eigenvalue weighted by Gasteiger charge is -2.13. The third kappa shape index (κ3) is 5.45. The van der Waals surface area contributed by atoms with Crippen LogP contribution < -0.4 is 10.0 Å². The first-order valence-electron chi connectivity index (χ1n) is 7.58. The van der Waals surface area contributed by atoms with E-state index in [0.29, 0.717) is 28.6 Å². The quantitative estimate of drug-likeness (QED) is 0.768. The second kappa shape index (κ2) is 8.33. The van der Waals surface area contributed by atoms with Gasteiger partial charge in [-0.3, -0.25) is 9.52 Å². The van der Waals surface area contributed by atoms with Crippen LogP contribution in [0.25, 0.3) is 0 Å². The highest BCUT2D eigenvalue weighted by Crippen LogP contribution is 2.23. The number of hydrogen-bond acceptors (Lipinski definition) is 4. The van der Waals surface area contributed by atoms with Crippen molar-refractivity contribution >= 4 is 38.9 Å². The molecule has 6 nitrogen and oxygen atoms in total. The number of nitrogens with one attached hydrogen (secondary N) is 2. The number of ether oxygens (including phenoxy) is 1. The lowest BCUT2D eigenvalue weighted by molar-refractivity contribution is -0.120. The van der Waals surface area contributed by atoms with Crippen LogP contribution >= 0.6 is 11.6 Å². The molecule has 0 aliphatic rings. The average molecular weight is 383 g/mol. The summed E-state index contributed by atoms with van der Waals surface area (Å²) in [6.07, 6.45) is 0. The van der Waals surface area contributed by atoms with Gasteiger partial charge >= 0.3 is 0 Å². The molecule has 0 aliphatic heterocycles. The predicted octanol–water partition coefficient (Wildman–Crippen LogP) is 3.42. The largest absolute Gasteiger partial charge is 0.372 e. The highest BCUT2D eigenvalue weighted by Gasteiger charge is 2.18. The number of halogens is 1. The SMILES string of the molecule is CCOCC(=O)Nc1ccc(C)c(S(=O)(=O)Nc2ccc(Cl)cc2)c1. The summed E-state index contributed by atoms with van der Waals surface area (Å²) >= 11 is 5.80. The maximum absolute atomic E-state index is 12.6. The number of hydrogen-bond donors (Lipinski definition) is 2. The van der Waals surface area contributed by atoms with E-state index >= 15 is 0 Å². The first kappa shape index (κ1) is 19.2. The van der Waals surface area contributed by atoms with Crippen molar-refractivity contribution in [1.29, 1.82) is 0 Å². The summed E-state index contributed by atoms with van der Waals surface area (Å²) in [6, 6.07) is 11.0. The number of rotatable bonds is 7. The van der Waals surface area contributed by atoms with Crippen LogP contribution in [0.2, 0.25) is 5.02 Å². The maximum Gasteiger partial charge on any atom is 0.262 e. The first-order chi connectivity index (χ1) is 11.8. The fraction of sp³-hybridized carbons (Fsp3) is 0.235. The van der Waals surface area contributed by atoms with Crippen molar-refractivity contribution < 1.29 is 17.9 Å². The summed E-state index contributed by atoms with van der Waals surface area (Å²) in [7, 11) is -3.81. The number of benzene rings is 2. The Hall–Kier alpha value is -2.09.